The molecule has 1 aliphatic rings. The molecule has 35 heavy (non-hydrogen) atoms. The van der Waals surface area contributed by atoms with Gasteiger partial charge in [-0.1, -0.05) is 29.5 Å². The van der Waals surface area contributed by atoms with Crippen LogP contribution < -0.4 is 9.21 Å². The van der Waals surface area contributed by atoms with E-state index in [0.29, 0.717) is 37.4 Å². The minimum Gasteiger partial charge on any atom is -0.345 e. The Bertz CT molecular complexity index is 1470. The summed E-state index contributed by atoms with van der Waals surface area (Å²) in [6, 6.07) is 19.4. The van der Waals surface area contributed by atoms with Crippen LogP contribution in [0, 0.1) is 5.82 Å². The fourth-order valence-corrected chi connectivity index (χ4v) is 6.25. The van der Waals surface area contributed by atoms with E-state index in [2.05, 4.69) is 9.88 Å². The second kappa shape index (κ2) is 9.27. The third kappa shape index (κ3) is 4.59. The third-order valence-electron chi connectivity index (χ3n) is 6.06. The Balaban J connectivity index is 1.25. The summed E-state index contributed by atoms with van der Waals surface area (Å²) < 4.78 is 41.4. The topological polar surface area (TPSA) is 73.8 Å². The van der Waals surface area contributed by atoms with Crippen LogP contribution in [-0.2, 0) is 10.0 Å². The van der Waals surface area contributed by atoms with Gasteiger partial charge in [0.05, 0.1) is 20.8 Å². The minimum atomic E-state index is -3.74. The number of piperazine rings is 1. The summed E-state index contributed by atoms with van der Waals surface area (Å²) in [4.78, 5) is 21.6. The fourth-order valence-electron chi connectivity index (χ4n) is 4.01. The molecule has 5 rings (SSSR count). The Hall–Kier alpha value is -3.50. The van der Waals surface area contributed by atoms with Crippen molar-refractivity contribution in [1.29, 1.82) is 0 Å². The van der Waals surface area contributed by atoms with Crippen molar-refractivity contribution < 1.29 is 17.6 Å². The Morgan fingerprint density at radius 3 is 2.34 bits per heavy atom. The molecule has 0 N–H and O–H groups in total. The van der Waals surface area contributed by atoms with Crippen molar-refractivity contribution in [2.24, 2.45) is 0 Å². The van der Waals surface area contributed by atoms with Gasteiger partial charge in [0, 0.05) is 38.8 Å². The monoisotopic (exact) mass is 510 g/mol. The van der Waals surface area contributed by atoms with Gasteiger partial charge in [-0.05, 0) is 54.6 Å². The van der Waals surface area contributed by atoms with Gasteiger partial charge in [0.1, 0.15) is 5.82 Å². The lowest BCUT2D eigenvalue weighted by Gasteiger charge is -2.34. The van der Waals surface area contributed by atoms with E-state index in [-0.39, 0.29) is 16.6 Å². The zero-order chi connectivity index (χ0) is 24.6. The summed E-state index contributed by atoms with van der Waals surface area (Å²) in [6.45, 7) is 2.25. The van der Waals surface area contributed by atoms with E-state index in [1.165, 1.54) is 47.0 Å². The van der Waals surface area contributed by atoms with Crippen LogP contribution in [0.3, 0.4) is 0 Å². The quantitative estimate of drug-likeness (QED) is 0.402. The first-order valence-electron chi connectivity index (χ1n) is 11.1. The average Bonchev–Trinajstić information content (AvgIpc) is 3.32. The lowest BCUT2D eigenvalue weighted by molar-refractivity contribution is 0.0746. The maximum atomic E-state index is 13.5. The van der Waals surface area contributed by atoms with E-state index >= 15 is 0 Å². The summed E-state index contributed by atoms with van der Waals surface area (Å²) in [5.74, 6) is -0.426. The normalized spacial score (nSPS) is 14.3. The first-order valence-corrected chi connectivity index (χ1v) is 13.3. The zero-order valence-electron chi connectivity index (χ0n) is 19.0. The SMILES string of the molecule is CN(c1ccccc1)S(=O)(=O)c1ccc(C(=O)N2CCN(c3nc4ccc(F)cc4s3)CC2)cc1. The van der Waals surface area contributed by atoms with E-state index in [0.717, 1.165) is 15.3 Å². The molecule has 0 aliphatic carbocycles. The average molecular weight is 511 g/mol. The number of fused-ring (bicyclic) bond motifs is 1. The molecule has 1 aromatic heterocycles. The molecule has 180 valence electrons. The number of aromatic nitrogens is 1. The van der Waals surface area contributed by atoms with Crippen LogP contribution in [0.25, 0.3) is 10.2 Å². The molecule has 10 heteroatoms. The van der Waals surface area contributed by atoms with Crippen molar-refractivity contribution in [2.45, 2.75) is 4.90 Å². The number of hydrogen-bond donors (Lipinski definition) is 0. The van der Waals surface area contributed by atoms with Gasteiger partial charge in [0.2, 0.25) is 0 Å². The number of hydrogen-bond acceptors (Lipinski definition) is 6. The highest BCUT2D eigenvalue weighted by atomic mass is 32.2. The minimum absolute atomic E-state index is 0.123. The predicted molar refractivity (Wildman–Crippen MR) is 136 cm³/mol. The van der Waals surface area contributed by atoms with Crippen LogP contribution in [0.2, 0.25) is 0 Å². The van der Waals surface area contributed by atoms with Gasteiger partial charge >= 0.3 is 0 Å². The fraction of sp³-hybridized carbons (Fsp3) is 0.200. The number of rotatable bonds is 5. The maximum Gasteiger partial charge on any atom is 0.264 e. The van der Waals surface area contributed by atoms with Crippen molar-refractivity contribution in [3.8, 4) is 0 Å². The molecule has 0 unspecified atom stereocenters. The molecule has 0 bridgehead atoms. The number of nitrogens with zero attached hydrogens (tertiary/aromatic N) is 4. The molecule has 2 heterocycles. The zero-order valence-corrected chi connectivity index (χ0v) is 20.6. The van der Waals surface area contributed by atoms with Crippen LogP contribution in [0.5, 0.6) is 0 Å². The van der Waals surface area contributed by atoms with Crippen LogP contribution >= 0.6 is 11.3 Å². The smallest absolute Gasteiger partial charge is 0.264 e. The maximum absolute atomic E-state index is 13.5. The number of thiazole rings is 1. The number of halogens is 1. The van der Waals surface area contributed by atoms with Crippen LogP contribution in [0.1, 0.15) is 10.4 Å². The second-order valence-electron chi connectivity index (χ2n) is 8.22. The Morgan fingerprint density at radius 2 is 1.66 bits per heavy atom. The molecule has 1 fully saturated rings. The molecule has 0 radical (unpaired) electrons. The van der Waals surface area contributed by atoms with E-state index in [4.69, 9.17) is 0 Å². The number of anilines is 2. The summed E-state index contributed by atoms with van der Waals surface area (Å²) in [6.07, 6.45) is 0. The van der Waals surface area contributed by atoms with Crippen LogP contribution in [0.15, 0.2) is 77.7 Å². The lowest BCUT2D eigenvalue weighted by atomic mass is 10.2. The van der Waals surface area contributed by atoms with Crippen molar-refractivity contribution in [3.63, 3.8) is 0 Å². The Labute approximate surface area is 207 Å². The highest BCUT2D eigenvalue weighted by molar-refractivity contribution is 7.92. The molecular formula is C25H23FN4O3S2. The molecule has 0 atom stereocenters. The molecular weight excluding hydrogens is 487 g/mol. The van der Waals surface area contributed by atoms with Gasteiger partial charge in [-0.2, -0.15) is 0 Å². The van der Waals surface area contributed by atoms with Gasteiger partial charge in [0.25, 0.3) is 15.9 Å². The number of amides is 1. The highest BCUT2D eigenvalue weighted by Crippen LogP contribution is 2.30. The third-order valence-corrected chi connectivity index (χ3v) is 8.93. The summed E-state index contributed by atoms with van der Waals surface area (Å²) in [5, 5.41) is 0.815. The van der Waals surface area contributed by atoms with E-state index in [1.807, 2.05) is 6.07 Å². The van der Waals surface area contributed by atoms with Gasteiger partial charge in [0.15, 0.2) is 5.13 Å². The molecule has 1 amide bonds. The summed E-state index contributed by atoms with van der Waals surface area (Å²) in [7, 11) is -2.23. The van der Waals surface area contributed by atoms with E-state index in [1.54, 1.807) is 47.4 Å². The second-order valence-corrected chi connectivity index (χ2v) is 11.2. The number of benzene rings is 3. The van der Waals surface area contributed by atoms with E-state index in [9.17, 15) is 17.6 Å². The molecule has 7 nitrogen and oxygen atoms in total. The van der Waals surface area contributed by atoms with Gasteiger partial charge in [-0.25, -0.2) is 17.8 Å². The first-order chi connectivity index (χ1) is 16.8. The number of carbonyl (C=O) groups is 1. The molecule has 4 aromatic rings. The van der Waals surface area contributed by atoms with Gasteiger partial charge in [-0.15, -0.1) is 0 Å². The summed E-state index contributed by atoms with van der Waals surface area (Å²) >= 11 is 1.44. The van der Waals surface area contributed by atoms with Crippen molar-refractivity contribution in [3.05, 3.63) is 84.2 Å². The number of sulfonamides is 1. The highest BCUT2D eigenvalue weighted by Gasteiger charge is 2.25. The van der Waals surface area contributed by atoms with Crippen molar-refractivity contribution >= 4 is 48.3 Å². The molecule has 1 saturated heterocycles. The molecule has 0 spiro atoms. The van der Waals surface area contributed by atoms with Gasteiger partial charge in [-0.3, -0.25) is 9.10 Å². The van der Waals surface area contributed by atoms with Gasteiger partial charge < -0.3 is 9.80 Å². The van der Waals surface area contributed by atoms with Crippen LogP contribution in [-0.4, -0.2) is 57.4 Å². The standard InChI is InChI=1S/C25H23FN4O3S2/c1-28(20-5-3-2-4-6-20)35(32,33)21-10-7-18(8-11-21)24(31)29-13-15-30(16-14-29)25-27-22-12-9-19(26)17-23(22)34-25/h2-12,17H,13-16H2,1H3. The van der Waals surface area contributed by atoms with Crippen molar-refractivity contribution in [1.82, 2.24) is 9.88 Å². The van der Waals surface area contributed by atoms with Crippen LogP contribution in [0.4, 0.5) is 15.2 Å². The molecule has 0 saturated carbocycles. The molecule has 1 aliphatic heterocycles. The Morgan fingerprint density at radius 1 is 0.971 bits per heavy atom. The number of para-hydroxylation sites is 1. The number of carbonyl (C=O) groups excluding carboxylic acids is 1. The van der Waals surface area contributed by atoms with Crippen molar-refractivity contribution in [2.75, 3.05) is 42.4 Å². The lowest BCUT2D eigenvalue weighted by Crippen LogP contribution is -2.48. The Kier molecular flexibility index (Phi) is 6.16. The van der Waals surface area contributed by atoms with E-state index < -0.39 is 10.0 Å². The first kappa shape index (κ1) is 23.3. The summed E-state index contributed by atoms with van der Waals surface area (Å²) in [5.41, 5.74) is 1.76. The molecule has 3 aromatic carbocycles. The largest absolute Gasteiger partial charge is 0.345 e. The predicted octanol–water partition coefficient (Wildman–Crippen LogP) is 4.22.